The maximum Gasteiger partial charge on any atom is 0.276 e. The van der Waals surface area contributed by atoms with E-state index in [2.05, 4.69) is 29.1 Å². The number of carbonyl (C=O) groups excluding carboxylic acids is 2. The number of nitrogens with zero attached hydrogens (tertiary/aromatic N) is 3. The van der Waals surface area contributed by atoms with Gasteiger partial charge in [0.05, 0.1) is 12.2 Å². The van der Waals surface area contributed by atoms with Crippen molar-refractivity contribution in [3.8, 4) is 5.75 Å². The SMILES string of the molecule is CC(C)c1ccc(OCC(=O)N2CCc3nc(NC(=O)c4ccccn4)sc3C2)cc1. The topological polar surface area (TPSA) is 84.4 Å². The number of anilines is 1. The second-order valence-corrected chi connectivity index (χ2v) is 8.72. The number of ether oxygens (including phenoxy) is 1. The van der Waals surface area contributed by atoms with Crippen LogP contribution in [0, 0.1) is 0 Å². The quantitative estimate of drug-likeness (QED) is 0.634. The van der Waals surface area contributed by atoms with Crippen molar-refractivity contribution in [1.82, 2.24) is 14.9 Å². The minimum atomic E-state index is -0.295. The first-order valence-electron chi connectivity index (χ1n) is 10.2. The van der Waals surface area contributed by atoms with Gasteiger partial charge in [-0.15, -0.1) is 0 Å². The van der Waals surface area contributed by atoms with Crippen molar-refractivity contribution in [2.45, 2.75) is 32.7 Å². The zero-order valence-corrected chi connectivity index (χ0v) is 18.3. The minimum Gasteiger partial charge on any atom is -0.484 e. The van der Waals surface area contributed by atoms with Gasteiger partial charge in [-0.05, 0) is 35.7 Å². The number of amides is 2. The van der Waals surface area contributed by atoms with Gasteiger partial charge >= 0.3 is 0 Å². The van der Waals surface area contributed by atoms with E-state index in [1.165, 1.54) is 16.9 Å². The molecule has 0 saturated carbocycles. The van der Waals surface area contributed by atoms with Crippen molar-refractivity contribution in [2.75, 3.05) is 18.5 Å². The van der Waals surface area contributed by atoms with Crippen LogP contribution in [0.3, 0.4) is 0 Å². The Bertz CT molecular complexity index is 1060. The van der Waals surface area contributed by atoms with E-state index in [9.17, 15) is 9.59 Å². The number of nitrogens with one attached hydrogen (secondary N) is 1. The van der Waals surface area contributed by atoms with E-state index in [4.69, 9.17) is 4.74 Å². The van der Waals surface area contributed by atoms with Gasteiger partial charge in [-0.2, -0.15) is 0 Å². The van der Waals surface area contributed by atoms with E-state index < -0.39 is 0 Å². The van der Waals surface area contributed by atoms with Crippen LogP contribution in [-0.2, 0) is 17.8 Å². The Hall–Kier alpha value is -3.26. The van der Waals surface area contributed by atoms with E-state index in [-0.39, 0.29) is 18.4 Å². The summed E-state index contributed by atoms with van der Waals surface area (Å²) in [7, 11) is 0. The maximum absolute atomic E-state index is 12.6. The molecule has 4 rings (SSSR count). The smallest absolute Gasteiger partial charge is 0.276 e. The van der Waals surface area contributed by atoms with Crippen molar-refractivity contribution in [2.24, 2.45) is 0 Å². The number of hydrogen-bond acceptors (Lipinski definition) is 6. The number of thiazole rings is 1. The standard InChI is InChI=1S/C23H24N4O3S/c1-15(2)16-6-8-17(9-7-16)30-14-21(28)27-12-10-18-20(13-27)31-23(25-18)26-22(29)19-5-3-4-11-24-19/h3-9,11,15H,10,12-14H2,1-2H3,(H,25,26,29). The third-order valence-electron chi connectivity index (χ3n) is 5.11. The van der Waals surface area contributed by atoms with E-state index in [0.717, 1.165) is 10.6 Å². The number of hydrogen-bond donors (Lipinski definition) is 1. The van der Waals surface area contributed by atoms with Gasteiger partial charge in [-0.1, -0.05) is 43.4 Å². The van der Waals surface area contributed by atoms with E-state index in [1.807, 2.05) is 24.3 Å². The first kappa shape index (κ1) is 21.0. The van der Waals surface area contributed by atoms with Gasteiger partial charge < -0.3 is 9.64 Å². The average Bonchev–Trinajstić information content (AvgIpc) is 3.19. The highest BCUT2D eigenvalue weighted by Crippen LogP contribution is 2.28. The van der Waals surface area contributed by atoms with Crippen LogP contribution in [0.25, 0.3) is 0 Å². The van der Waals surface area contributed by atoms with E-state index >= 15 is 0 Å². The lowest BCUT2D eigenvalue weighted by molar-refractivity contribution is -0.134. The number of carbonyl (C=O) groups is 2. The molecule has 8 heteroatoms. The Morgan fingerprint density at radius 1 is 1.19 bits per heavy atom. The molecular weight excluding hydrogens is 412 g/mol. The van der Waals surface area contributed by atoms with Crippen LogP contribution < -0.4 is 10.1 Å². The van der Waals surface area contributed by atoms with Gasteiger partial charge in [0, 0.05) is 24.0 Å². The Kier molecular flexibility index (Phi) is 6.27. The number of aromatic nitrogens is 2. The molecule has 3 aromatic rings. The molecule has 160 valence electrons. The largest absolute Gasteiger partial charge is 0.484 e. The summed E-state index contributed by atoms with van der Waals surface area (Å²) >= 11 is 1.39. The molecule has 0 unspecified atom stereocenters. The van der Waals surface area contributed by atoms with Crippen LogP contribution in [0.2, 0.25) is 0 Å². The van der Waals surface area contributed by atoms with E-state index in [1.54, 1.807) is 29.3 Å². The van der Waals surface area contributed by atoms with Gasteiger partial charge in [-0.25, -0.2) is 4.98 Å². The van der Waals surface area contributed by atoms with Gasteiger partial charge in [0.25, 0.3) is 11.8 Å². The highest BCUT2D eigenvalue weighted by Gasteiger charge is 2.25. The number of benzene rings is 1. The molecule has 2 aromatic heterocycles. The molecule has 0 radical (unpaired) electrons. The van der Waals surface area contributed by atoms with Crippen LogP contribution >= 0.6 is 11.3 Å². The van der Waals surface area contributed by atoms with Crippen molar-refractivity contribution >= 4 is 28.3 Å². The van der Waals surface area contributed by atoms with Crippen molar-refractivity contribution in [3.05, 3.63) is 70.5 Å². The summed E-state index contributed by atoms with van der Waals surface area (Å²) in [6, 6.07) is 13.0. The highest BCUT2D eigenvalue weighted by atomic mass is 32.1. The first-order chi connectivity index (χ1) is 15.0. The van der Waals surface area contributed by atoms with Gasteiger partial charge in [0.15, 0.2) is 11.7 Å². The molecule has 0 aliphatic carbocycles. The van der Waals surface area contributed by atoms with Crippen LogP contribution in [0.15, 0.2) is 48.7 Å². The summed E-state index contributed by atoms with van der Waals surface area (Å²) in [4.78, 5) is 36.2. The number of pyridine rings is 1. The van der Waals surface area contributed by atoms with Crippen molar-refractivity contribution in [3.63, 3.8) is 0 Å². The number of rotatable bonds is 6. The first-order valence-corrected chi connectivity index (χ1v) is 11.0. The molecule has 0 saturated heterocycles. The predicted molar refractivity (Wildman–Crippen MR) is 119 cm³/mol. The summed E-state index contributed by atoms with van der Waals surface area (Å²) in [5, 5.41) is 3.32. The van der Waals surface area contributed by atoms with Crippen LogP contribution in [0.5, 0.6) is 5.75 Å². The Morgan fingerprint density at radius 2 is 2.00 bits per heavy atom. The molecule has 0 bridgehead atoms. The fourth-order valence-electron chi connectivity index (χ4n) is 3.31. The monoisotopic (exact) mass is 436 g/mol. The lowest BCUT2D eigenvalue weighted by Crippen LogP contribution is -2.38. The third-order valence-corrected chi connectivity index (χ3v) is 6.11. The molecule has 7 nitrogen and oxygen atoms in total. The Balaban J connectivity index is 1.33. The normalized spacial score (nSPS) is 13.1. The van der Waals surface area contributed by atoms with E-state index in [0.29, 0.717) is 42.0 Å². The molecule has 1 aliphatic heterocycles. The number of fused-ring (bicyclic) bond motifs is 1. The van der Waals surface area contributed by atoms with Crippen LogP contribution in [0.1, 0.15) is 46.4 Å². The highest BCUT2D eigenvalue weighted by molar-refractivity contribution is 7.15. The third kappa shape index (κ3) is 5.08. The van der Waals surface area contributed by atoms with Gasteiger partial charge in [0.2, 0.25) is 0 Å². The second kappa shape index (κ2) is 9.26. The van der Waals surface area contributed by atoms with Crippen molar-refractivity contribution in [1.29, 1.82) is 0 Å². The second-order valence-electron chi connectivity index (χ2n) is 7.64. The fourth-order valence-corrected chi connectivity index (χ4v) is 4.32. The summed E-state index contributed by atoms with van der Waals surface area (Å²) < 4.78 is 5.68. The molecule has 31 heavy (non-hydrogen) atoms. The average molecular weight is 437 g/mol. The summed E-state index contributed by atoms with van der Waals surface area (Å²) in [5.74, 6) is 0.784. The molecule has 1 N–H and O–H groups in total. The van der Waals surface area contributed by atoms with Gasteiger partial charge in [-0.3, -0.25) is 19.9 Å². The van der Waals surface area contributed by atoms with Crippen molar-refractivity contribution < 1.29 is 14.3 Å². The molecule has 0 fully saturated rings. The zero-order valence-electron chi connectivity index (χ0n) is 17.5. The lowest BCUT2D eigenvalue weighted by Gasteiger charge is -2.26. The summed E-state index contributed by atoms with van der Waals surface area (Å²) in [6.07, 6.45) is 2.23. The maximum atomic E-state index is 12.6. The Labute approximate surface area is 185 Å². The molecule has 0 spiro atoms. The summed E-state index contributed by atoms with van der Waals surface area (Å²) in [5.41, 5.74) is 2.50. The fraction of sp³-hybridized carbons (Fsp3) is 0.304. The zero-order chi connectivity index (χ0) is 21.8. The van der Waals surface area contributed by atoms with Gasteiger partial charge in [0.1, 0.15) is 11.4 Å². The lowest BCUT2D eigenvalue weighted by atomic mass is 10.0. The predicted octanol–water partition coefficient (Wildman–Crippen LogP) is 3.88. The van der Waals surface area contributed by atoms with Crippen LogP contribution in [-0.4, -0.2) is 39.8 Å². The molecule has 0 atom stereocenters. The molecule has 1 aliphatic rings. The Morgan fingerprint density at radius 3 is 2.71 bits per heavy atom. The molecule has 3 heterocycles. The minimum absolute atomic E-state index is 0.00156. The summed E-state index contributed by atoms with van der Waals surface area (Å²) in [6.45, 7) is 5.33. The molecular formula is C23H24N4O3S. The van der Waals surface area contributed by atoms with Crippen LogP contribution in [0.4, 0.5) is 5.13 Å². The molecule has 1 aromatic carbocycles. The molecule has 2 amide bonds.